The first-order valence-corrected chi connectivity index (χ1v) is 5.69. The van der Waals surface area contributed by atoms with Crippen molar-refractivity contribution in [2.45, 2.75) is 40.5 Å². The number of hydrogen-bond donors (Lipinski definition) is 0. The molecule has 0 atom stereocenters. The Morgan fingerprint density at radius 1 is 1.33 bits per heavy atom. The van der Waals surface area contributed by atoms with Crippen molar-refractivity contribution in [2.24, 2.45) is 5.92 Å². The highest BCUT2D eigenvalue weighted by Gasteiger charge is 1.95. The van der Waals surface area contributed by atoms with E-state index in [9.17, 15) is 0 Å². The largest absolute Gasteiger partial charge is 0.149 e. The van der Waals surface area contributed by atoms with Crippen LogP contribution in [0.5, 0.6) is 0 Å². The third kappa shape index (κ3) is 5.36. The van der Waals surface area contributed by atoms with Crippen LogP contribution in [-0.2, 0) is 6.42 Å². The molecule has 0 radical (unpaired) electrons. The van der Waals surface area contributed by atoms with Gasteiger partial charge in [0.2, 0.25) is 0 Å². The van der Waals surface area contributed by atoms with Crippen molar-refractivity contribution in [3.8, 4) is 0 Å². The third-order valence-corrected chi connectivity index (χ3v) is 2.48. The number of aryl methyl sites for hydroxylation is 1. The minimum atomic E-state index is 0.835. The Balaban J connectivity index is 0.000000561. The molecule has 0 unspecified atom stereocenters. The van der Waals surface area contributed by atoms with E-state index in [1.165, 1.54) is 17.7 Å². The van der Waals surface area contributed by atoms with Gasteiger partial charge >= 0.3 is 0 Å². The molecule has 0 aliphatic carbocycles. The standard InChI is InChI=1S/C9H14S.C2H6/c1-8(2)5-6-9-4-3-7-10-9;1-2/h3-4,7-8H,5-6H2,1-2H3;1-2H3. The third-order valence-electron chi connectivity index (χ3n) is 1.55. The van der Waals surface area contributed by atoms with Gasteiger partial charge in [-0.2, -0.15) is 0 Å². The Morgan fingerprint density at radius 2 is 2.00 bits per heavy atom. The first-order valence-electron chi connectivity index (χ1n) is 4.81. The van der Waals surface area contributed by atoms with Gasteiger partial charge in [0.25, 0.3) is 0 Å². The van der Waals surface area contributed by atoms with Crippen LogP contribution in [0.2, 0.25) is 0 Å². The molecule has 0 bridgehead atoms. The fourth-order valence-electron chi connectivity index (χ4n) is 0.886. The Hall–Kier alpha value is -0.300. The summed E-state index contributed by atoms with van der Waals surface area (Å²) in [6.07, 6.45) is 2.58. The topological polar surface area (TPSA) is 0 Å². The van der Waals surface area contributed by atoms with Crippen molar-refractivity contribution in [1.82, 2.24) is 0 Å². The first kappa shape index (κ1) is 11.7. The van der Waals surface area contributed by atoms with Crippen LogP contribution in [0, 0.1) is 5.92 Å². The van der Waals surface area contributed by atoms with E-state index >= 15 is 0 Å². The van der Waals surface area contributed by atoms with Crippen molar-refractivity contribution in [3.63, 3.8) is 0 Å². The van der Waals surface area contributed by atoms with Gasteiger partial charge in [-0.1, -0.05) is 33.8 Å². The molecule has 0 fully saturated rings. The lowest BCUT2D eigenvalue weighted by atomic mass is 10.1. The second-order valence-electron chi connectivity index (χ2n) is 3.01. The Morgan fingerprint density at radius 3 is 2.42 bits per heavy atom. The summed E-state index contributed by atoms with van der Waals surface area (Å²) in [5.41, 5.74) is 0. The summed E-state index contributed by atoms with van der Waals surface area (Å²) in [5, 5.41) is 2.15. The van der Waals surface area contributed by atoms with Gasteiger partial charge in [0.15, 0.2) is 0 Å². The molecule has 0 nitrogen and oxygen atoms in total. The average molecular weight is 184 g/mol. The fourth-order valence-corrected chi connectivity index (χ4v) is 1.61. The predicted octanol–water partition coefficient (Wildman–Crippen LogP) is 4.36. The molecule has 0 spiro atoms. The van der Waals surface area contributed by atoms with Crippen molar-refractivity contribution < 1.29 is 0 Å². The molecule has 1 heteroatoms. The highest BCUT2D eigenvalue weighted by molar-refractivity contribution is 7.09. The predicted molar refractivity (Wildman–Crippen MR) is 58.8 cm³/mol. The van der Waals surface area contributed by atoms with Crippen LogP contribution in [0.1, 0.15) is 39.0 Å². The van der Waals surface area contributed by atoms with Gasteiger partial charge in [-0.15, -0.1) is 11.3 Å². The monoisotopic (exact) mass is 184 g/mol. The molecule has 0 aromatic carbocycles. The molecule has 1 rings (SSSR count). The van der Waals surface area contributed by atoms with Gasteiger partial charge < -0.3 is 0 Å². The lowest BCUT2D eigenvalue weighted by molar-refractivity contribution is 0.590. The lowest BCUT2D eigenvalue weighted by Gasteiger charge is -2.00. The van der Waals surface area contributed by atoms with E-state index < -0.39 is 0 Å². The normalized spacial score (nSPS) is 9.42. The van der Waals surface area contributed by atoms with Gasteiger partial charge in [0, 0.05) is 4.88 Å². The van der Waals surface area contributed by atoms with Gasteiger partial charge in [0.1, 0.15) is 0 Å². The minimum absolute atomic E-state index is 0.835. The maximum absolute atomic E-state index is 2.27. The summed E-state index contributed by atoms with van der Waals surface area (Å²) >= 11 is 1.86. The summed E-state index contributed by atoms with van der Waals surface area (Å²) in [7, 11) is 0. The average Bonchev–Trinajstić information content (AvgIpc) is 2.56. The molecule has 70 valence electrons. The fraction of sp³-hybridized carbons (Fsp3) is 0.636. The van der Waals surface area contributed by atoms with Gasteiger partial charge in [-0.3, -0.25) is 0 Å². The van der Waals surface area contributed by atoms with Crippen LogP contribution in [-0.4, -0.2) is 0 Å². The smallest absolute Gasteiger partial charge is 0.00453 e. The highest BCUT2D eigenvalue weighted by atomic mass is 32.1. The molecule has 0 aliphatic rings. The van der Waals surface area contributed by atoms with Crippen LogP contribution < -0.4 is 0 Å². The molecule has 1 heterocycles. The zero-order chi connectivity index (χ0) is 9.40. The molecule has 0 amide bonds. The molecule has 0 saturated heterocycles. The Bertz CT molecular complexity index is 163. The van der Waals surface area contributed by atoms with Crippen LogP contribution in [0.4, 0.5) is 0 Å². The molecule has 1 aromatic rings. The van der Waals surface area contributed by atoms with Crippen LogP contribution >= 0.6 is 11.3 Å². The van der Waals surface area contributed by atoms with Crippen molar-refractivity contribution in [3.05, 3.63) is 22.4 Å². The van der Waals surface area contributed by atoms with E-state index in [0.29, 0.717) is 0 Å². The van der Waals surface area contributed by atoms with Crippen molar-refractivity contribution in [1.29, 1.82) is 0 Å². The van der Waals surface area contributed by atoms with E-state index in [2.05, 4.69) is 31.4 Å². The molecule has 0 aliphatic heterocycles. The molecule has 0 N–H and O–H groups in total. The molecule has 12 heavy (non-hydrogen) atoms. The van der Waals surface area contributed by atoms with Crippen LogP contribution in [0.15, 0.2) is 17.5 Å². The van der Waals surface area contributed by atoms with Crippen molar-refractivity contribution >= 4 is 11.3 Å². The maximum atomic E-state index is 2.27. The van der Waals surface area contributed by atoms with E-state index in [-0.39, 0.29) is 0 Å². The first-order chi connectivity index (χ1) is 5.79. The summed E-state index contributed by atoms with van der Waals surface area (Å²) in [6, 6.07) is 4.34. The van der Waals surface area contributed by atoms with E-state index in [0.717, 1.165) is 5.92 Å². The Kier molecular flexibility index (Phi) is 7.17. The molecule has 1 aromatic heterocycles. The van der Waals surface area contributed by atoms with Crippen LogP contribution in [0.25, 0.3) is 0 Å². The number of thiophene rings is 1. The van der Waals surface area contributed by atoms with Gasteiger partial charge in [-0.05, 0) is 30.2 Å². The number of rotatable bonds is 3. The van der Waals surface area contributed by atoms with Gasteiger partial charge in [-0.25, -0.2) is 0 Å². The lowest BCUT2D eigenvalue weighted by Crippen LogP contribution is -1.88. The second-order valence-corrected chi connectivity index (χ2v) is 4.04. The second kappa shape index (κ2) is 7.35. The molecular formula is C11H20S. The zero-order valence-electron chi connectivity index (χ0n) is 8.63. The summed E-state index contributed by atoms with van der Waals surface area (Å²) < 4.78 is 0. The SMILES string of the molecule is CC.CC(C)CCc1cccs1. The minimum Gasteiger partial charge on any atom is -0.149 e. The summed E-state index contributed by atoms with van der Waals surface area (Å²) in [6.45, 7) is 8.54. The van der Waals surface area contributed by atoms with E-state index in [1.807, 2.05) is 25.2 Å². The number of hydrogen-bond acceptors (Lipinski definition) is 1. The highest BCUT2D eigenvalue weighted by Crippen LogP contribution is 2.13. The zero-order valence-corrected chi connectivity index (χ0v) is 9.45. The quantitative estimate of drug-likeness (QED) is 0.654. The Labute approximate surface area is 80.6 Å². The van der Waals surface area contributed by atoms with Gasteiger partial charge in [0.05, 0.1) is 0 Å². The van der Waals surface area contributed by atoms with E-state index in [1.54, 1.807) is 0 Å². The maximum Gasteiger partial charge on any atom is 0.00453 e. The molecule has 0 saturated carbocycles. The molecular weight excluding hydrogens is 164 g/mol. The van der Waals surface area contributed by atoms with Crippen LogP contribution in [0.3, 0.4) is 0 Å². The van der Waals surface area contributed by atoms with Crippen molar-refractivity contribution in [2.75, 3.05) is 0 Å². The summed E-state index contributed by atoms with van der Waals surface area (Å²) in [5.74, 6) is 0.835. The summed E-state index contributed by atoms with van der Waals surface area (Å²) in [4.78, 5) is 1.52. The van der Waals surface area contributed by atoms with E-state index in [4.69, 9.17) is 0 Å².